The normalized spacial score (nSPS) is 22.3. The van der Waals surface area contributed by atoms with Crippen molar-refractivity contribution < 1.29 is 18.3 Å². The number of rotatable bonds is 4. The lowest BCUT2D eigenvalue weighted by atomic mass is 10.1. The lowest BCUT2D eigenvalue weighted by molar-refractivity contribution is 0.0763. The van der Waals surface area contributed by atoms with E-state index in [1.54, 1.807) is 12.3 Å². The van der Waals surface area contributed by atoms with Crippen LogP contribution in [0.25, 0.3) is 0 Å². The summed E-state index contributed by atoms with van der Waals surface area (Å²) in [4.78, 5) is 17.9. The zero-order valence-corrected chi connectivity index (χ0v) is 13.7. The van der Waals surface area contributed by atoms with E-state index in [2.05, 4.69) is 4.98 Å². The topological polar surface area (TPSA) is 90.8 Å². The molecular weight excluding hydrogens is 306 g/mol. The predicted molar refractivity (Wildman–Crippen MR) is 81.8 cm³/mol. The summed E-state index contributed by atoms with van der Waals surface area (Å²) in [6.07, 6.45) is 2.27. The molecule has 2 rings (SSSR count). The molecule has 0 radical (unpaired) electrons. The second-order valence-corrected chi connectivity index (χ2v) is 8.02. The Hall–Kier alpha value is -1.51. The second kappa shape index (κ2) is 6.31. The first-order chi connectivity index (χ1) is 10.2. The van der Waals surface area contributed by atoms with Gasteiger partial charge in [-0.3, -0.25) is 9.78 Å². The second-order valence-electron chi connectivity index (χ2n) is 5.79. The molecule has 1 amide bonds. The predicted octanol–water partition coefficient (Wildman–Crippen LogP) is -0.286. The molecule has 0 unspecified atom stereocenters. The third-order valence-electron chi connectivity index (χ3n) is 3.94. The summed E-state index contributed by atoms with van der Waals surface area (Å²) in [5.41, 5.74) is 1.28. The van der Waals surface area contributed by atoms with Gasteiger partial charge in [0.25, 0.3) is 5.91 Å². The van der Waals surface area contributed by atoms with Crippen LogP contribution in [-0.4, -0.2) is 72.7 Å². The molecule has 1 aromatic rings. The van der Waals surface area contributed by atoms with Gasteiger partial charge in [-0.15, -0.1) is 0 Å². The van der Waals surface area contributed by atoms with E-state index in [-0.39, 0.29) is 24.7 Å². The highest BCUT2D eigenvalue weighted by molar-refractivity contribution is 7.89. The van der Waals surface area contributed by atoms with Crippen LogP contribution in [0.5, 0.6) is 0 Å². The van der Waals surface area contributed by atoms with Crippen LogP contribution < -0.4 is 0 Å². The van der Waals surface area contributed by atoms with Crippen molar-refractivity contribution in [3.63, 3.8) is 0 Å². The van der Waals surface area contributed by atoms with Crippen LogP contribution in [-0.2, 0) is 10.0 Å². The van der Waals surface area contributed by atoms with Gasteiger partial charge in [-0.2, -0.15) is 0 Å². The van der Waals surface area contributed by atoms with Crippen LogP contribution in [0, 0.1) is 12.8 Å². The number of pyridine rings is 1. The number of amides is 1. The summed E-state index contributed by atoms with van der Waals surface area (Å²) in [6.45, 7) is 2.18. The Balaban J connectivity index is 2.11. The molecule has 122 valence electrons. The number of β-amino-alcohol motifs (C(OH)–C–C–N with tert-alkyl or cyclic N) is 1. The van der Waals surface area contributed by atoms with Crippen molar-refractivity contribution in [1.29, 1.82) is 0 Å². The Morgan fingerprint density at radius 3 is 2.73 bits per heavy atom. The van der Waals surface area contributed by atoms with Gasteiger partial charge in [0.2, 0.25) is 10.0 Å². The van der Waals surface area contributed by atoms with Crippen LogP contribution in [0.15, 0.2) is 18.5 Å². The van der Waals surface area contributed by atoms with E-state index >= 15 is 0 Å². The van der Waals surface area contributed by atoms with E-state index in [4.69, 9.17) is 0 Å². The molecule has 1 saturated heterocycles. The standard InChI is InChI=1S/C14H21N3O4S/c1-10-4-5-15-6-12(10)14(19)17-7-11(13(18)8-17)9-22(20,21)16(2)3/h4-6,11,13,18H,7-9H2,1-3H3/t11-,13+/m0/s1. The SMILES string of the molecule is Cc1ccncc1C(=O)N1C[C@@H](CS(=O)(=O)N(C)C)[C@H](O)C1. The maximum atomic E-state index is 12.5. The van der Waals surface area contributed by atoms with Gasteiger partial charge in [-0.1, -0.05) is 0 Å². The van der Waals surface area contributed by atoms with Crippen molar-refractivity contribution in [1.82, 2.24) is 14.2 Å². The monoisotopic (exact) mass is 327 g/mol. The number of hydrogen-bond acceptors (Lipinski definition) is 5. The summed E-state index contributed by atoms with van der Waals surface area (Å²) < 4.78 is 25.0. The fourth-order valence-corrected chi connectivity index (χ4v) is 3.63. The highest BCUT2D eigenvalue weighted by Crippen LogP contribution is 2.22. The lowest BCUT2D eigenvalue weighted by Gasteiger charge is -2.18. The number of aryl methyl sites for hydroxylation is 1. The molecule has 1 aliphatic rings. The molecule has 0 spiro atoms. The van der Waals surface area contributed by atoms with Crippen molar-refractivity contribution in [2.45, 2.75) is 13.0 Å². The van der Waals surface area contributed by atoms with E-state index in [9.17, 15) is 18.3 Å². The van der Waals surface area contributed by atoms with Crippen molar-refractivity contribution >= 4 is 15.9 Å². The van der Waals surface area contributed by atoms with Crippen LogP contribution >= 0.6 is 0 Å². The quantitative estimate of drug-likeness (QED) is 0.821. The Morgan fingerprint density at radius 1 is 1.45 bits per heavy atom. The van der Waals surface area contributed by atoms with E-state index in [1.807, 2.05) is 6.92 Å². The minimum absolute atomic E-state index is 0.140. The van der Waals surface area contributed by atoms with Gasteiger partial charge in [0.1, 0.15) is 0 Å². The molecule has 2 heterocycles. The molecule has 0 aliphatic carbocycles. The molecular formula is C14H21N3O4S. The van der Waals surface area contributed by atoms with E-state index in [0.717, 1.165) is 9.87 Å². The third kappa shape index (κ3) is 3.45. The van der Waals surface area contributed by atoms with Crippen LogP contribution in [0.1, 0.15) is 15.9 Å². The highest BCUT2D eigenvalue weighted by Gasteiger charge is 2.37. The molecule has 22 heavy (non-hydrogen) atoms. The van der Waals surface area contributed by atoms with Crippen LogP contribution in [0.2, 0.25) is 0 Å². The Morgan fingerprint density at radius 2 is 2.14 bits per heavy atom. The fourth-order valence-electron chi connectivity index (χ4n) is 2.46. The number of carbonyl (C=O) groups excluding carboxylic acids is 1. The van der Waals surface area contributed by atoms with Crippen molar-refractivity contribution in [2.24, 2.45) is 5.92 Å². The van der Waals surface area contributed by atoms with Crippen molar-refractivity contribution in [3.8, 4) is 0 Å². The molecule has 2 atom stereocenters. The molecule has 0 bridgehead atoms. The molecule has 0 saturated carbocycles. The molecule has 7 nitrogen and oxygen atoms in total. The van der Waals surface area contributed by atoms with Gasteiger partial charge in [-0.25, -0.2) is 12.7 Å². The summed E-state index contributed by atoms with van der Waals surface area (Å²) in [5, 5.41) is 10.1. The highest BCUT2D eigenvalue weighted by atomic mass is 32.2. The van der Waals surface area contributed by atoms with Gasteiger partial charge >= 0.3 is 0 Å². The maximum Gasteiger partial charge on any atom is 0.255 e. The minimum Gasteiger partial charge on any atom is -0.391 e. The summed E-state index contributed by atoms with van der Waals surface area (Å²) in [6, 6.07) is 1.74. The average Bonchev–Trinajstić information content (AvgIpc) is 2.79. The molecule has 1 aliphatic heterocycles. The number of aromatic nitrogens is 1. The van der Waals surface area contributed by atoms with E-state index < -0.39 is 22.0 Å². The molecule has 1 aromatic heterocycles. The van der Waals surface area contributed by atoms with Gasteiger partial charge in [0, 0.05) is 45.5 Å². The first kappa shape index (κ1) is 16.9. The number of nitrogens with zero attached hydrogens (tertiary/aromatic N) is 3. The van der Waals surface area contributed by atoms with Crippen molar-refractivity contribution in [3.05, 3.63) is 29.6 Å². The maximum absolute atomic E-state index is 12.5. The largest absolute Gasteiger partial charge is 0.391 e. The average molecular weight is 327 g/mol. The van der Waals surface area contributed by atoms with E-state index in [1.165, 1.54) is 25.2 Å². The number of hydrogen-bond donors (Lipinski definition) is 1. The third-order valence-corrected chi connectivity index (χ3v) is 5.91. The van der Waals surface area contributed by atoms with E-state index in [0.29, 0.717) is 5.56 Å². The Kier molecular flexibility index (Phi) is 4.84. The van der Waals surface area contributed by atoms with Gasteiger partial charge < -0.3 is 10.0 Å². The van der Waals surface area contributed by atoms with Crippen molar-refractivity contribution in [2.75, 3.05) is 32.9 Å². The number of aliphatic hydroxyl groups is 1. The Labute approximate surface area is 130 Å². The Bertz CT molecular complexity index is 660. The zero-order chi connectivity index (χ0) is 16.5. The molecule has 1 N–H and O–H groups in total. The van der Waals surface area contributed by atoms with Gasteiger partial charge in [0.05, 0.1) is 17.4 Å². The molecule has 0 aromatic carbocycles. The number of likely N-dealkylation sites (tertiary alicyclic amines) is 1. The first-order valence-electron chi connectivity index (χ1n) is 7.00. The summed E-state index contributed by atoms with van der Waals surface area (Å²) >= 11 is 0. The van der Waals surface area contributed by atoms with Crippen LogP contribution in [0.4, 0.5) is 0 Å². The fraction of sp³-hybridized carbons (Fsp3) is 0.571. The summed E-state index contributed by atoms with van der Waals surface area (Å²) in [5.74, 6) is -0.875. The summed E-state index contributed by atoms with van der Waals surface area (Å²) in [7, 11) is -0.500. The molecule has 1 fully saturated rings. The number of aliphatic hydroxyl groups excluding tert-OH is 1. The first-order valence-corrected chi connectivity index (χ1v) is 8.61. The molecule has 8 heteroatoms. The van der Waals surface area contributed by atoms with Crippen LogP contribution in [0.3, 0.4) is 0 Å². The lowest BCUT2D eigenvalue weighted by Crippen LogP contribution is -2.33. The minimum atomic E-state index is -3.41. The van der Waals surface area contributed by atoms with Gasteiger partial charge in [-0.05, 0) is 18.6 Å². The van der Waals surface area contributed by atoms with Gasteiger partial charge in [0.15, 0.2) is 0 Å². The smallest absolute Gasteiger partial charge is 0.255 e. The number of sulfonamides is 1. The number of carbonyl (C=O) groups is 1. The zero-order valence-electron chi connectivity index (χ0n) is 12.9.